The molecule has 3 rings (SSSR count). The molecule has 1 saturated heterocycles. The van der Waals surface area contributed by atoms with Gasteiger partial charge >= 0.3 is 0 Å². The first-order chi connectivity index (χ1) is 12.8. The summed E-state index contributed by atoms with van der Waals surface area (Å²) < 4.78 is 1.76. The van der Waals surface area contributed by atoms with Crippen LogP contribution in [-0.4, -0.2) is 41.0 Å². The molecule has 0 radical (unpaired) electrons. The van der Waals surface area contributed by atoms with Crippen molar-refractivity contribution in [1.82, 2.24) is 14.7 Å². The van der Waals surface area contributed by atoms with E-state index in [0.717, 1.165) is 19.5 Å². The SMILES string of the molecule is CC(C)c1ccc([C@H]2CC(/C=N\c3cnn(C)c(=O)c3Br)CN(C)C2)cc1. The minimum Gasteiger partial charge on any atom is -0.305 e. The molecule has 1 fully saturated rings. The van der Waals surface area contributed by atoms with E-state index in [1.807, 2.05) is 6.21 Å². The van der Waals surface area contributed by atoms with Crippen molar-refractivity contribution in [2.24, 2.45) is 18.0 Å². The molecule has 1 aliphatic rings. The van der Waals surface area contributed by atoms with Crippen molar-refractivity contribution in [2.45, 2.75) is 32.1 Å². The molecule has 0 saturated carbocycles. The summed E-state index contributed by atoms with van der Waals surface area (Å²) in [4.78, 5) is 18.9. The highest BCUT2D eigenvalue weighted by atomic mass is 79.9. The summed E-state index contributed by atoms with van der Waals surface area (Å²) >= 11 is 3.34. The molecule has 27 heavy (non-hydrogen) atoms. The van der Waals surface area contributed by atoms with E-state index in [4.69, 9.17) is 0 Å². The van der Waals surface area contributed by atoms with Crippen LogP contribution in [0.4, 0.5) is 5.69 Å². The Balaban J connectivity index is 1.75. The Morgan fingerprint density at radius 3 is 2.59 bits per heavy atom. The van der Waals surface area contributed by atoms with Gasteiger partial charge in [-0.25, -0.2) is 4.68 Å². The number of benzene rings is 1. The summed E-state index contributed by atoms with van der Waals surface area (Å²) in [7, 11) is 3.79. The van der Waals surface area contributed by atoms with E-state index in [-0.39, 0.29) is 5.56 Å². The zero-order valence-electron chi connectivity index (χ0n) is 16.4. The van der Waals surface area contributed by atoms with Crippen LogP contribution >= 0.6 is 15.9 Å². The van der Waals surface area contributed by atoms with Crippen LogP contribution in [0.5, 0.6) is 0 Å². The number of hydrogen-bond donors (Lipinski definition) is 0. The van der Waals surface area contributed by atoms with E-state index >= 15 is 0 Å². The van der Waals surface area contributed by atoms with Crippen LogP contribution in [0.2, 0.25) is 0 Å². The highest BCUT2D eigenvalue weighted by Crippen LogP contribution is 2.30. The zero-order chi connectivity index (χ0) is 19.6. The van der Waals surface area contributed by atoms with Gasteiger partial charge in [0.05, 0.1) is 6.20 Å². The second-order valence-corrected chi connectivity index (χ2v) is 8.58. The Kier molecular flexibility index (Phi) is 6.27. The highest BCUT2D eigenvalue weighted by molar-refractivity contribution is 9.10. The maximum atomic E-state index is 12.0. The van der Waals surface area contributed by atoms with Crippen LogP contribution in [0.25, 0.3) is 0 Å². The summed E-state index contributed by atoms with van der Waals surface area (Å²) in [6.07, 6.45) is 4.66. The van der Waals surface area contributed by atoms with Gasteiger partial charge in [-0.15, -0.1) is 0 Å². The van der Waals surface area contributed by atoms with Gasteiger partial charge in [-0.3, -0.25) is 9.79 Å². The first kappa shape index (κ1) is 20.0. The summed E-state index contributed by atoms with van der Waals surface area (Å²) in [6, 6.07) is 9.05. The molecule has 0 bridgehead atoms. The lowest BCUT2D eigenvalue weighted by Crippen LogP contribution is -2.37. The summed E-state index contributed by atoms with van der Waals surface area (Å²) in [5, 5.41) is 4.05. The third-order valence-electron chi connectivity index (χ3n) is 5.22. The highest BCUT2D eigenvalue weighted by Gasteiger charge is 2.25. The van der Waals surface area contributed by atoms with Crippen LogP contribution in [0.15, 0.2) is 44.7 Å². The summed E-state index contributed by atoms with van der Waals surface area (Å²) in [5.74, 6) is 1.39. The normalized spacial score (nSPS) is 21.3. The van der Waals surface area contributed by atoms with Crippen molar-refractivity contribution >= 4 is 27.8 Å². The van der Waals surface area contributed by atoms with Crippen LogP contribution < -0.4 is 5.56 Å². The van der Waals surface area contributed by atoms with Gasteiger partial charge in [0.25, 0.3) is 5.56 Å². The van der Waals surface area contributed by atoms with E-state index in [1.54, 1.807) is 13.2 Å². The molecule has 2 heterocycles. The molecular formula is C21H27BrN4O. The van der Waals surface area contributed by atoms with E-state index in [1.165, 1.54) is 15.8 Å². The van der Waals surface area contributed by atoms with Gasteiger partial charge in [-0.2, -0.15) is 5.10 Å². The van der Waals surface area contributed by atoms with Crippen molar-refractivity contribution in [3.05, 3.63) is 56.4 Å². The van der Waals surface area contributed by atoms with E-state index in [9.17, 15) is 4.79 Å². The molecule has 5 nitrogen and oxygen atoms in total. The number of rotatable bonds is 4. The molecule has 144 valence electrons. The van der Waals surface area contributed by atoms with Gasteiger partial charge < -0.3 is 4.90 Å². The van der Waals surface area contributed by atoms with E-state index in [0.29, 0.717) is 27.9 Å². The first-order valence-corrected chi connectivity index (χ1v) is 10.2. The topological polar surface area (TPSA) is 50.5 Å². The fourth-order valence-corrected chi connectivity index (χ4v) is 4.11. The van der Waals surface area contributed by atoms with Gasteiger partial charge in [-0.05, 0) is 52.4 Å². The maximum Gasteiger partial charge on any atom is 0.282 e. The number of piperidine rings is 1. The van der Waals surface area contributed by atoms with E-state index in [2.05, 4.69) is 76.1 Å². The second kappa shape index (κ2) is 8.48. The number of hydrogen-bond acceptors (Lipinski definition) is 4. The summed E-state index contributed by atoms with van der Waals surface area (Å²) in [6.45, 7) is 6.47. The molecule has 2 atom stereocenters. The lowest BCUT2D eigenvalue weighted by molar-refractivity contribution is 0.224. The minimum absolute atomic E-state index is 0.173. The fourth-order valence-electron chi connectivity index (χ4n) is 3.65. The molecule has 6 heteroatoms. The minimum atomic E-state index is -0.173. The first-order valence-electron chi connectivity index (χ1n) is 9.39. The third-order valence-corrected chi connectivity index (χ3v) is 5.97. The molecule has 0 N–H and O–H groups in total. The number of aromatic nitrogens is 2. The van der Waals surface area contributed by atoms with Crippen LogP contribution in [0.3, 0.4) is 0 Å². The molecule has 1 aliphatic heterocycles. The number of likely N-dealkylation sites (tertiary alicyclic amines) is 1. The van der Waals surface area contributed by atoms with Gasteiger partial charge in [-0.1, -0.05) is 38.1 Å². The molecule has 0 spiro atoms. The molecular weight excluding hydrogens is 404 g/mol. The standard InChI is InChI=1S/C21H27BrN4O/c1-14(2)16-5-7-17(8-6-16)18-9-15(12-25(3)13-18)10-23-19-11-24-26(4)21(27)20(19)22/h5-8,10-11,14-15,18H,9,12-13H2,1-4H3/b23-10-/t15?,18-/m0/s1. The van der Waals surface area contributed by atoms with Crippen molar-refractivity contribution in [1.29, 1.82) is 0 Å². The molecule has 0 aliphatic carbocycles. The molecule has 1 aromatic heterocycles. The molecule has 1 aromatic carbocycles. The van der Waals surface area contributed by atoms with Crippen molar-refractivity contribution < 1.29 is 0 Å². The van der Waals surface area contributed by atoms with Crippen LogP contribution in [-0.2, 0) is 7.05 Å². The Hall–Kier alpha value is -1.79. The van der Waals surface area contributed by atoms with Crippen molar-refractivity contribution in [3.63, 3.8) is 0 Å². The van der Waals surface area contributed by atoms with Gasteiger partial charge in [0.15, 0.2) is 0 Å². The predicted octanol–water partition coefficient (Wildman–Crippen LogP) is 4.10. The lowest BCUT2D eigenvalue weighted by atomic mass is 9.84. The lowest BCUT2D eigenvalue weighted by Gasteiger charge is -2.34. The predicted molar refractivity (Wildman–Crippen MR) is 114 cm³/mol. The quantitative estimate of drug-likeness (QED) is 0.685. The van der Waals surface area contributed by atoms with Gasteiger partial charge in [0.1, 0.15) is 10.2 Å². The second-order valence-electron chi connectivity index (χ2n) is 7.79. The Bertz CT molecular complexity index is 873. The third kappa shape index (κ3) is 4.74. The average Bonchev–Trinajstić information content (AvgIpc) is 2.65. The van der Waals surface area contributed by atoms with Crippen LogP contribution in [0.1, 0.15) is 43.2 Å². The summed E-state index contributed by atoms with van der Waals surface area (Å²) in [5.41, 5.74) is 3.18. The van der Waals surface area contributed by atoms with Crippen molar-refractivity contribution in [3.8, 4) is 0 Å². The number of nitrogens with zero attached hydrogens (tertiary/aromatic N) is 4. The number of likely N-dealkylation sites (N-methyl/N-ethyl adjacent to an activating group) is 1. The molecule has 2 aromatic rings. The Morgan fingerprint density at radius 2 is 1.93 bits per heavy atom. The van der Waals surface area contributed by atoms with E-state index < -0.39 is 0 Å². The average molecular weight is 431 g/mol. The smallest absolute Gasteiger partial charge is 0.282 e. The monoisotopic (exact) mass is 430 g/mol. The molecule has 0 amide bonds. The maximum absolute atomic E-state index is 12.0. The van der Waals surface area contributed by atoms with Crippen LogP contribution in [0, 0.1) is 5.92 Å². The van der Waals surface area contributed by atoms with Crippen molar-refractivity contribution in [2.75, 3.05) is 20.1 Å². The number of aliphatic imine (C=N–C) groups is 1. The fraction of sp³-hybridized carbons (Fsp3) is 0.476. The number of halogens is 1. The largest absolute Gasteiger partial charge is 0.305 e. The zero-order valence-corrected chi connectivity index (χ0v) is 18.0. The molecule has 1 unspecified atom stereocenters. The number of aryl methyl sites for hydroxylation is 1. The van der Waals surface area contributed by atoms with Gasteiger partial charge in [0.2, 0.25) is 0 Å². The Morgan fingerprint density at radius 1 is 1.22 bits per heavy atom. The Labute approximate surface area is 169 Å². The van der Waals surface area contributed by atoms with Gasteiger partial charge in [0, 0.05) is 32.3 Å².